The van der Waals surface area contributed by atoms with Gasteiger partial charge in [0, 0.05) is 24.1 Å². The number of pyridine rings is 1. The van der Waals surface area contributed by atoms with E-state index in [0.717, 1.165) is 41.8 Å². The van der Waals surface area contributed by atoms with Gasteiger partial charge in [0.1, 0.15) is 18.9 Å². The number of benzene rings is 2. The highest BCUT2D eigenvalue weighted by Crippen LogP contribution is 2.33. The fraction of sp³-hybridized carbons (Fsp3) is 0.548. The Bertz CT molecular complexity index is 1360. The molecule has 0 N–H and O–H groups in total. The zero-order valence-electron chi connectivity index (χ0n) is 30.9. The first kappa shape index (κ1) is 42.2. The number of hydrogen-bond acceptors (Lipinski definition) is 4. The summed E-state index contributed by atoms with van der Waals surface area (Å²) in [6.45, 7) is 12.7. The van der Waals surface area contributed by atoms with E-state index in [2.05, 4.69) is 45.3 Å². The van der Waals surface area contributed by atoms with Crippen molar-refractivity contribution in [2.45, 2.75) is 143 Å². The molecule has 2 amide bonds. The minimum atomic E-state index is -0.668. The third-order valence-electron chi connectivity index (χ3n) is 8.74. The van der Waals surface area contributed by atoms with Crippen LogP contribution in [-0.2, 0) is 29.8 Å². The van der Waals surface area contributed by atoms with Crippen LogP contribution in [0.4, 0.5) is 4.79 Å². The highest BCUT2D eigenvalue weighted by molar-refractivity contribution is 6.02. The predicted octanol–water partition coefficient (Wildman–Crippen LogP) is 7.74. The smallest absolute Gasteiger partial charge is 0.417 e. The lowest BCUT2D eigenvalue weighted by molar-refractivity contribution is -0.697. The Hall–Kier alpha value is -2.94. The molecule has 0 saturated carbocycles. The molecule has 3 aromatic rings. The molecule has 0 saturated heterocycles. The zero-order valence-corrected chi connectivity index (χ0v) is 33.0. The molecule has 3 rings (SSSR count). The molecule has 7 heteroatoms. The summed E-state index contributed by atoms with van der Waals surface area (Å²) in [4.78, 5) is 28.1. The maximum atomic E-state index is 13.5. The van der Waals surface area contributed by atoms with Gasteiger partial charge in [-0.3, -0.25) is 4.79 Å². The molecule has 0 bridgehead atoms. The van der Waals surface area contributed by atoms with Crippen LogP contribution in [0.25, 0.3) is 0 Å². The number of nitrogens with zero attached hydrogens (tertiary/aromatic N) is 2. The number of ether oxygens (including phenoxy) is 2. The van der Waals surface area contributed by atoms with Crippen LogP contribution in [0.3, 0.4) is 0 Å². The van der Waals surface area contributed by atoms with Gasteiger partial charge in [-0.15, -0.1) is 0 Å². The minimum absolute atomic E-state index is 0. The van der Waals surface area contributed by atoms with E-state index in [9.17, 15) is 9.59 Å². The number of carbonyl (C=O) groups excluding carboxylic acids is 2. The topological polar surface area (TPSA) is 59.7 Å². The van der Waals surface area contributed by atoms with Crippen molar-refractivity contribution in [1.82, 2.24) is 4.90 Å². The van der Waals surface area contributed by atoms with Crippen LogP contribution in [0, 0.1) is 0 Å². The highest BCUT2D eigenvalue weighted by atomic mass is 127. The summed E-state index contributed by atoms with van der Waals surface area (Å²) in [5.41, 5.74) is 3.09. The SMILES string of the molecule is CCCCCCCCCCCCCCOc1ccc(COC(=O)N(Cc2cc[n+](CCC)cc2)C(=O)c2ccccc2)cc1C(C)(C)C.[I-]. The molecule has 0 unspecified atom stereocenters. The number of halogens is 1. The first-order valence-electron chi connectivity index (χ1n) is 18.5. The number of aryl methyl sites for hydroxylation is 1. The van der Waals surface area contributed by atoms with Crippen LogP contribution in [-0.4, -0.2) is 23.5 Å². The lowest BCUT2D eigenvalue weighted by Crippen LogP contribution is -3.00. The Morgan fingerprint density at radius 3 is 1.88 bits per heavy atom. The number of aromatic nitrogens is 1. The van der Waals surface area contributed by atoms with E-state index < -0.39 is 6.09 Å². The third-order valence-corrected chi connectivity index (χ3v) is 8.74. The second-order valence-electron chi connectivity index (χ2n) is 14.1. The molecule has 2 aromatic carbocycles. The normalized spacial score (nSPS) is 11.1. The van der Waals surface area contributed by atoms with E-state index in [4.69, 9.17) is 9.47 Å². The number of amides is 2. The van der Waals surface area contributed by atoms with Crippen molar-refractivity contribution in [3.05, 3.63) is 95.3 Å². The van der Waals surface area contributed by atoms with Gasteiger partial charge in [-0.05, 0) is 52.8 Å². The van der Waals surface area contributed by atoms with Gasteiger partial charge in [-0.2, -0.15) is 0 Å². The Labute approximate surface area is 314 Å². The summed E-state index contributed by atoms with van der Waals surface area (Å²) in [6.07, 6.45) is 20.1. The van der Waals surface area contributed by atoms with Gasteiger partial charge in [-0.1, -0.05) is 130 Å². The first-order valence-corrected chi connectivity index (χ1v) is 18.5. The summed E-state index contributed by atoms with van der Waals surface area (Å²) >= 11 is 0. The van der Waals surface area contributed by atoms with Gasteiger partial charge in [-0.25, -0.2) is 14.3 Å². The number of unbranched alkanes of at least 4 members (excludes halogenated alkanes) is 11. The number of carbonyl (C=O) groups is 2. The maximum absolute atomic E-state index is 13.5. The van der Waals surface area contributed by atoms with Gasteiger partial charge in [0.05, 0.1) is 13.2 Å². The van der Waals surface area contributed by atoms with Crippen molar-refractivity contribution < 1.29 is 47.6 Å². The van der Waals surface area contributed by atoms with Gasteiger partial charge in [0.25, 0.3) is 5.91 Å². The fourth-order valence-corrected chi connectivity index (χ4v) is 5.87. The average Bonchev–Trinajstić information content (AvgIpc) is 3.09. The molecule has 0 radical (unpaired) electrons. The maximum Gasteiger partial charge on any atom is 0.417 e. The molecule has 0 fully saturated rings. The van der Waals surface area contributed by atoms with Crippen LogP contribution < -0.4 is 33.3 Å². The van der Waals surface area contributed by atoms with Crippen molar-refractivity contribution in [3.8, 4) is 5.75 Å². The van der Waals surface area contributed by atoms with Crippen LogP contribution in [0.1, 0.15) is 145 Å². The van der Waals surface area contributed by atoms with E-state index in [1.54, 1.807) is 24.3 Å². The second-order valence-corrected chi connectivity index (χ2v) is 14.1. The number of rotatable bonds is 21. The van der Waals surface area contributed by atoms with Crippen molar-refractivity contribution in [3.63, 3.8) is 0 Å². The molecule has 49 heavy (non-hydrogen) atoms. The fourth-order valence-electron chi connectivity index (χ4n) is 5.87. The lowest BCUT2D eigenvalue weighted by atomic mass is 9.85. The van der Waals surface area contributed by atoms with Gasteiger partial charge < -0.3 is 33.5 Å². The minimum Gasteiger partial charge on any atom is -1.00 e. The van der Waals surface area contributed by atoms with E-state index in [1.807, 2.05) is 42.7 Å². The van der Waals surface area contributed by atoms with Gasteiger partial charge >= 0.3 is 6.09 Å². The second kappa shape index (κ2) is 23.5. The Morgan fingerprint density at radius 1 is 0.714 bits per heavy atom. The average molecular weight is 785 g/mol. The third kappa shape index (κ3) is 15.7. The zero-order chi connectivity index (χ0) is 34.6. The Morgan fingerprint density at radius 2 is 1.31 bits per heavy atom. The summed E-state index contributed by atoms with van der Waals surface area (Å²) < 4.78 is 14.1. The standard InChI is InChI=1S/C42H61N2O4.HI/c1-6-8-9-10-11-12-13-14-15-16-17-21-31-47-39-25-24-36(32-38(39)42(3,4)5)34-48-41(46)44(40(45)37-22-19-18-20-23-37)33-35-26-29-43(28-7-2)30-27-35;/h18-20,22-27,29-30,32H,6-17,21,28,31,33-34H2,1-5H3;1H/q+1;/p-1. The quantitative estimate of drug-likeness (QED) is 0.0631. The summed E-state index contributed by atoms with van der Waals surface area (Å²) in [5, 5.41) is 0. The van der Waals surface area contributed by atoms with Gasteiger partial charge in [0.2, 0.25) is 0 Å². The number of hydrogen-bond donors (Lipinski definition) is 0. The van der Waals surface area contributed by atoms with E-state index >= 15 is 0 Å². The predicted molar refractivity (Wildman–Crippen MR) is 195 cm³/mol. The first-order chi connectivity index (χ1) is 23.2. The molecule has 1 aromatic heterocycles. The van der Waals surface area contributed by atoms with Crippen LogP contribution in [0.2, 0.25) is 0 Å². The van der Waals surface area contributed by atoms with Crippen LogP contribution in [0.15, 0.2) is 73.1 Å². The van der Waals surface area contributed by atoms with E-state index in [-0.39, 0.29) is 48.5 Å². The molecular formula is C42H61IN2O4. The summed E-state index contributed by atoms with van der Waals surface area (Å²) in [7, 11) is 0. The molecule has 0 atom stereocenters. The van der Waals surface area contributed by atoms with Crippen molar-refractivity contribution >= 4 is 12.0 Å². The molecule has 0 spiro atoms. The van der Waals surface area contributed by atoms with Crippen molar-refractivity contribution in [2.24, 2.45) is 0 Å². The molecule has 0 aliphatic rings. The highest BCUT2D eigenvalue weighted by Gasteiger charge is 2.26. The number of imide groups is 1. The lowest BCUT2D eigenvalue weighted by Gasteiger charge is -2.24. The largest absolute Gasteiger partial charge is 1.00 e. The van der Waals surface area contributed by atoms with Crippen LogP contribution >= 0.6 is 0 Å². The Kier molecular flexibility index (Phi) is 20.2. The Balaban J connectivity index is 0.00000833. The van der Waals surface area contributed by atoms with E-state index in [1.165, 1.54) is 75.5 Å². The molecule has 1 heterocycles. The molecule has 270 valence electrons. The van der Waals surface area contributed by atoms with E-state index in [0.29, 0.717) is 12.2 Å². The molecular weight excluding hydrogens is 723 g/mol. The monoisotopic (exact) mass is 784 g/mol. The van der Waals surface area contributed by atoms with Crippen molar-refractivity contribution in [2.75, 3.05) is 6.61 Å². The molecule has 0 aliphatic carbocycles. The summed E-state index contributed by atoms with van der Waals surface area (Å²) in [5.74, 6) is 0.494. The van der Waals surface area contributed by atoms with Crippen molar-refractivity contribution in [1.29, 1.82) is 0 Å². The molecule has 6 nitrogen and oxygen atoms in total. The van der Waals surface area contributed by atoms with Gasteiger partial charge in [0.15, 0.2) is 12.4 Å². The van der Waals surface area contributed by atoms with Crippen LogP contribution in [0.5, 0.6) is 5.75 Å². The molecule has 0 aliphatic heterocycles. The summed E-state index contributed by atoms with van der Waals surface area (Å²) in [6, 6.07) is 18.8.